The molecule has 0 saturated carbocycles. The first kappa shape index (κ1) is 20.1. The van der Waals surface area contributed by atoms with Crippen LogP contribution in [0.5, 0.6) is 0 Å². The van der Waals surface area contributed by atoms with Crippen LogP contribution in [0.1, 0.15) is 11.8 Å². The lowest BCUT2D eigenvalue weighted by atomic mass is 10.1. The minimum atomic E-state index is -1.67. The second-order valence-electron chi connectivity index (χ2n) is 5.99. The first-order chi connectivity index (χ1) is 13.9. The van der Waals surface area contributed by atoms with Crippen molar-refractivity contribution < 1.29 is 20.2 Å². The third kappa shape index (κ3) is 4.11. The molecule has 11 heteroatoms. The third-order valence-electron chi connectivity index (χ3n) is 4.09. The van der Waals surface area contributed by atoms with E-state index in [9.17, 15) is 25.1 Å². The molecular formula is C18H17N5O6. The molecule has 0 saturated heterocycles. The Balaban J connectivity index is 2.13. The molecule has 4 N–H and O–H groups in total. The summed E-state index contributed by atoms with van der Waals surface area (Å²) in [6.07, 6.45) is -3.25. The van der Waals surface area contributed by atoms with E-state index in [1.807, 2.05) is 0 Å². The van der Waals surface area contributed by atoms with E-state index in [0.29, 0.717) is 5.69 Å². The average molecular weight is 399 g/mol. The lowest BCUT2D eigenvalue weighted by Crippen LogP contribution is -2.22. The van der Waals surface area contributed by atoms with Gasteiger partial charge in [0.05, 0.1) is 22.9 Å². The van der Waals surface area contributed by atoms with Crippen LogP contribution in [0.15, 0.2) is 69.6 Å². The topological polar surface area (TPSA) is 166 Å². The van der Waals surface area contributed by atoms with E-state index in [1.54, 1.807) is 30.3 Å². The Bertz CT molecular complexity index is 1090. The molecular weight excluding hydrogens is 382 g/mol. The summed E-state index contributed by atoms with van der Waals surface area (Å²) in [7, 11) is 0. The minimum absolute atomic E-state index is 0.0903. The number of aliphatic hydroxyl groups is 3. The highest BCUT2D eigenvalue weighted by molar-refractivity contribution is 5.57. The predicted octanol–water partition coefficient (Wildman–Crippen LogP) is 1.88. The molecule has 1 heterocycles. The first-order valence-electron chi connectivity index (χ1n) is 8.46. The van der Waals surface area contributed by atoms with Crippen LogP contribution < -0.4 is 5.56 Å². The zero-order valence-corrected chi connectivity index (χ0v) is 14.9. The molecule has 0 aliphatic rings. The molecule has 0 unspecified atom stereocenters. The number of nitrogens with zero attached hydrogens (tertiary/aromatic N) is 4. The minimum Gasteiger partial charge on any atom is -0.394 e. The molecule has 0 amide bonds. The van der Waals surface area contributed by atoms with Gasteiger partial charge in [0, 0.05) is 6.07 Å². The number of aromatic nitrogens is 2. The quantitative estimate of drug-likeness (QED) is 0.269. The van der Waals surface area contributed by atoms with E-state index in [-0.39, 0.29) is 22.8 Å². The number of aliphatic hydroxyl groups excluding tert-OH is 3. The Morgan fingerprint density at radius 1 is 1.07 bits per heavy atom. The molecule has 0 aliphatic carbocycles. The van der Waals surface area contributed by atoms with Gasteiger partial charge in [-0.3, -0.25) is 20.0 Å². The summed E-state index contributed by atoms with van der Waals surface area (Å²) in [4.78, 5) is 23.3. The number of H-pyrrole nitrogens is 1. The smallest absolute Gasteiger partial charge is 0.299 e. The Hall–Kier alpha value is -3.67. The van der Waals surface area contributed by atoms with Crippen molar-refractivity contribution in [2.24, 2.45) is 10.2 Å². The van der Waals surface area contributed by atoms with Crippen molar-refractivity contribution in [2.45, 2.75) is 12.2 Å². The average Bonchev–Trinajstić information content (AvgIpc) is 3.08. The predicted molar refractivity (Wildman–Crippen MR) is 102 cm³/mol. The number of hydrogen-bond acceptors (Lipinski definition) is 8. The highest BCUT2D eigenvalue weighted by atomic mass is 16.6. The van der Waals surface area contributed by atoms with E-state index in [4.69, 9.17) is 5.11 Å². The maximum absolute atomic E-state index is 12.8. The summed E-state index contributed by atoms with van der Waals surface area (Å²) in [5.41, 5.74) is -1.22. The lowest BCUT2D eigenvalue weighted by Gasteiger charge is -2.14. The summed E-state index contributed by atoms with van der Waals surface area (Å²) in [6, 6.07) is 13.9. The van der Waals surface area contributed by atoms with Crippen LogP contribution in [0.4, 0.5) is 17.1 Å². The zero-order chi connectivity index (χ0) is 21.0. The van der Waals surface area contributed by atoms with Gasteiger partial charge in [0.15, 0.2) is 11.4 Å². The van der Waals surface area contributed by atoms with Crippen LogP contribution in [0, 0.1) is 10.1 Å². The second-order valence-corrected chi connectivity index (χ2v) is 5.99. The molecule has 0 radical (unpaired) electrons. The Labute approximate surface area is 163 Å². The third-order valence-corrected chi connectivity index (χ3v) is 4.09. The summed E-state index contributed by atoms with van der Waals surface area (Å²) in [6.45, 7) is -0.763. The van der Waals surface area contributed by atoms with E-state index < -0.39 is 29.3 Å². The normalized spacial score (nSPS) is 13.5. The fourth-order valence-electron chi connectivity index (χ4n) is 2.61. The van der Waals surface area contributed by atoms with Crippen LogP contribution >= 0.6 is 0 Å². The molecule has 0 spiro atoms. The number of aromatic amines is 1. The number of rotatable bonds is 7. The van der Waals surface area contributed by atoms with Crippen LogP contribution in [0.3, 0.4) is 0 Å². The van der Waals surface area contributed by atoms with Crippen LogP contribution in [-0.4, -0.2) is 42.7 Å². The monoisotopic (exact) mass is 399 g/mol. The fraction of sp³-hybridized carbons (Fsp3) is 0.167. The fourth-order valence-corrected chi connectivity index (χ4v) is 2.61. The molecule has 11 nitrogen and oxygen atoms in total. The number of para-hydroxylation sites is 2. The highest BCUT2D eigenvalue weighted by Crippen LogP contribution is 2.30. The standard InChI is InChI=1S/C18H17N5O6/c24-10-14(25)17(26)15-16(18(27)22(21-15)11-6-2-1-3-7-11)20-19-12-8-4-5-9-13(12)23(28)29/h1-9,14,17,21,24-26H,10H2/t14-,17-/m1/s1. The van der Waals surface area contributed by atoms with Gasteiger partial charge in [0.2, 0.25) is 0 Å². The maximum Gasteiger partial charge on any atom is 0.299 e. The van der Waals surface area contributed by atoms with Gasteiger partial charge in [-0.15, -0.1) is 10.2 Å². The van der Waals surface area contributed by atoms with Crippen LogP contribution in [0.2, 0.25) is 0 Å². The number of nitro groups is 1. The molecule has 150 valence electrons. The van der Waals surface area contributed by atoms with Crippen molar-refractivity contribution in [2.75, 3.05) is 6.61 Å². The number of azo groups is 1. The van der Waals surface area contributed by atoms with Gasteiger partial charge in [0.25, 0.3) is 11.2 Å². The van der Waals surface area contributed by atoms with Gasteiger partial charge >= 0.3 is 0 Å². The van der Waals surface area contributed by atoms with E-state index >= 15 is 0 Å². The van der Waals surface area contributed by atoms with Crippen LogP contribution in [-0.2, 0) is 0 Å². The zero-order valence-electron chi connectivity index (χ0n) is 14.9. The van der Waals surface area contributed by atoms with Crippen molar-refractivity contribution in [3.63, 3.8) is 0 Å². The lowest BCUT2D eigenvalue weighted by molar-refractivity contribution is -0.384. The Kier molecular flexibility index (Phi) is 5.93. The van der Waals surface area contributed by atoms with E-state index in [0.717, 1.165) is 4.68 Å². The first-order valence-corrected chi connectivity index (χ1v) is 8.46. The maximum atomic E-state index is 12.8. The van der Waals surface area contributed by atoms with E-state index in [2.05, 4.69) is 15.3 Å². The van der Waals surface area contributed by atoms with Crippen molar-refractivity contribution >= 4 is 17.1 Å². The Morgan fingerprint density at radius 2 is 1.72 bits per heavy atom. The van der Waals surface area contributed by atoms with Crippen molar-refractivity contribution in [1.82, 2.24) is 9.78 Å². The van der Waals surface area contributed by atoms with Gasteiger partial charge < -0.3 is 15.3 Å². The number of nitrogens with one attached hydrogen (secondary N) is 1. The molecule has 3 rings (SSSR count). The molecule has 2 aromatic carbocycles. The molecule has 0 bridgehead atoms. The molecule has 2 atom stereocenters. The molecule has 0 aliphatic heterocycles. The van der Waals surface area contributed by atoms with Gasteiger partial charge in [-0.1, -0.05) is 30.3 Å². The summed E-state index contributed by atoms with van der Waals surface area (Å²) < 4.78 is 1.08. The number of nitro benzene ring substituents is 1. The van der Waals surface area contributed by atoms with Gasteiger partial charge in [-0.05, 0) is 18.2 Å². The van der Waals surface area contributed by atoms with Crippen molar-refractivity contribution in [1.29, 1.82) is 0 Å². The summed E-state index contributed by atoms with van der Waals surface area (Å²) in [5, 5.41) is 50.6. The SMILES string of the molecule is O=c1c(N=Nc2ccccc2[N+](=O)[O-])c([C@H](O)[C@H](O)CO)[nH]n1-c1ccccc1. The number of benzene rings is 2. The Morgan fingerprint density at radius 3 is 2.38 bits per heavy atom. The summed E-state index contributed by atoms with van der Waals surface area (Å²) >= 11 is 0. The summed E-state index contributed by atoms with van der Waals surface area (Å²) in [5.74, 6) is 0. The molecule has 1 aromatic heterocycles. The molecule has 3 aromatic rings. The van der Waals surface area contributed by atoms with Gasteiger partial charge in [0.1, 0.15) is 12.2 Å². The van der Waals surface area contributed by atoms with Gasteiger partial charge in [-0.2, -0.15) is 0 Å². The van der Waals surface area contributed by atoms with Crippen molar-refractivity contribution in [3.8, 4) is 5.69 Å². The van der Waals surface area contributed by atoms with Crippen molar-refractivity contribution in [3.05, 3.63) is 80.8 Å². The largest absolute Gasteiger partial charge is 0.394 e. The number of hydrogen-bond donors (Lipinski definition) is 4. The van der Waals surface area contributed by atoms with Crippen LogP contribution in [0.25, 0.3) is 5.69 Å². The highest BCUT2D eigenvalue weighted by Gasteiger charge is 2.27. The van der Waals surface area contributed by atoms with Gasteiger partial charge in [-0.25, -0.2) is 4.68 Å². The van der Waals surface area contributed by atoms with E-state index in [1.165, 1.54) is 24.3 Å². The second kappa shape index (κ2) is 8.56. The molecule has 29 heavy (non-hydrogen) atoms. The molecule has 0 fully saturated rings.